The van der Waals surface area contributed by atoms with E-state index in [1.807, 2.05) is 76.2 Å². The van der Waals surface area contributed by atoms with Crippen molar-refractivity contribution in [1.29, 1.82) is 0 Å². The minimum absolute atomic E-state index is 0.173. The first-order valence-corrected chi connectivity index (χ1v) is 13.8. The molecule has 0 bridgehead atoms. The maximum absolute atomic E-state index is 13.2. The molecule has 39 heavy (non-hydrogen) atoms. The molecular weight excluding hydrogens is 532 g/mol. The molecule has 0 spiro atoms. The van der Waals surface area contributed by atoms with Crippen LogP contribution in [0.2, 0.25) is 0 Å². The molecule has 4 rings (SSSR count). The summed E-state index contributed by atoms with van der Waals surface area (Å²) in [6.07, 6.45) is 1.77. The highest BCUT2D eigenvalue weighted by Gasteiger charge is 2.33. The van der Waals surface area contributed by atoms with Crippen LogP contribution < -0.4 is 24.4 Å². The van der Waals surface area contributed by atoms with Gasteiger partial charge in [0.25, 0.3) is 11.8 Å². The van der Waals surface area contributed by atoms with Crippen LogP contribution in [0, 0.1) is 13.8 Å². The number of amides is 2. The van der Waals surface area contributed by atoms with Gasteiger partial charge >= 0.3 is 0 Å². The average Bonchev–Trinajstić information content (AvgIpc) is 3.19. The second-order valence-corrected chi connectivity index (χ2v) is 10.4. The van der Waals surface area contributed by atoms with E-state index >= 15 is 0 Å². The van der Waals surface area contributed by atoms with Gasteiger partial charge < -0.3 is 19.5 Å². The largest absolute Gasteiger partial charge is 0.494 e. The van der Waals surface area contributed by atoms with Crippen molar-refractivity contribution >= 4 is 57.6 Å². The molecule has 1 N–H and O–H groups in total. The SMILES string of the molecule is CCOc1ccc(N2C(=O)/C(=C/c3ccc(OCC(=O)Nc4cc(C)ccc4C)c(OCC)c3)SC2=S)cc1. The molecule has 3 aromatic carbocycles. The van der Waals surface area contributed by atoms with Crippen LogP contribution in [0.1, 0.15) is 30.5 Å². The topological polar surface area (TPSA) is 77.1 Å². The summed E-state index contributed by atoms with van der Waals surface area (Å²) in [5.41, 5.74) is 4.22. The number of aryl methyl sites for hydroxylation is 2. The van der Waals surface area contributed by atoms with Gasteiger partial charge in [-0.1, -0.05) is 42.2 Å². The molecule has 0 aromatic heterocycles. The van der Waals surface area contributed by atoms with Gasteiger partial charge in [-0.25, -0.2) is 0 Å². The van der Waals surface area contributed by atoms with Crippen LogP contribution in [0.15, 0.2) is 65.6 Å². The molecule has 0 atom stereocenters. The zero-order valence-electron chi connectivity index (χ0n) is 22.3. The lowest BCUT2D eigenvalue weighted by molar-refractivity contribution is -0.118. The van der Waals surface area contributed by atoms with E-state index in [2.05, 4.69) is 5.32 Å². The number of thiocarbonyl (C=S) groups is 1. The van der Waals surface area contributed by atoms with E-state index in [9.17, 15) is 9.59 Å². The first kappa shape index (κ1) is 28.2. The Morgan fingerprint density at radius 2 is 1.69 bits per heavy atom. The number of benzene rings is 3. The molecular formula is C30H30N2O5S2. The number of hydrogen-bond donors (Lipinski definition) is 1. The summed E-state index contributed by atoms with van der Waals surface area (Å²) >= 11 is 6.74. The Hall–Kier alpha value is -3.82. The molecule has 0 saturated carbocycles. The fourth-order valence-corrected chi connectivity index (χ4v) is 5.20. The van der Waals surface area contributed by atoms with Crippen molar-refractivity contribution in [2.24, 2.45) is 0 Å². The summed E-state index contributed by atoms with van der Waals surface area (Å²) in [6.45, 7) is 8.50. The lowest BCUT2D eigenvalue weighted by Crippen LogP contribution is -2.27. The van der Waals surface area contributed by atoms with Gasteiger partial charge in [0.2, 0.25) is 0 Å². The van der Waals surface area contributed by atoms with Crippen LogP contribution in [0.4, 0.5) is 11.4 Å². The van der Waals surface area contributed by atoms with E-state index in [-0.39, 0.29) is 18.4 Å². The molecule has 0 radical (unpaired) electrons. The van der Waals surface area contributed by atoms with Crippen LogP contribution in [0.3, 0.4) is 0 Å². The van der Waals surface area contributed by atoms with Gasteiger partial charge in [0.15, 0.2) is 22.4 Å². The third kappa shape index (κ3) is 6.99. The van der Waals surface area contributed by atoms with Gasteiger partial charge in [-0.05, 0) is 92.9 Å². The van der Waals surface area contributed by atoms with Gasteiger partial charge in [-0.2, -0.15) is 0 Å². The van der Waals surface area contributed by atoms with Crippen LogP contribution in [0.5, 0.6) is 17.2 Å². The number of carbonyl (C=O) groups excluding carboxylic acids is 2. The highest BCUT2D eigenvalue weighted by molar-refractivity contribution is 8.27. The second kappa shape index (κ2) is 12.8. The van der Waals surface area contributed by atoms with Gasteiger partial charge in [0.05, 0.1) is 23.8 Å². The Bertz CT molecular complexity index is 1420. The fourth-order valence-electron chi connectivity index (χ4n) is 3.90. The van der Waals surface area contributed by atoms with Crippen molar-refractivity contribution in [3.05, 3.63) is 82.3 Å². The molecule has 7 nitrogen and oxygen atoms in total. The molecule has 9 heteroatoms. The van der Waals surface area contributed by atoms with E-state index in [1.54, 1.807) is 18.2 Å². The van der Waals surface area contributed by atoms with E-state index in [1.165, 1.54) is 16.7 Å². The molecule has 1 saturated heterocycles. The van der Waals surface area contributed by atoms with Crippen LogP contribution in [-0.2, 0) is 9.59 Å². The maximum Gasteiger partial charge on any atom is 0.270 e. The standard InChI is InChI=1S/C30H30N2O5S2/c1-5-35-23-12-10-22(11-13-23)32-29(34)27(39-30(32)38)17-21-9-14-25(26(16-21)36-6-2)37-18-28(33)31-24-15-19(3)7-8-20(24)4/h7-17H,5-6,18H2,1-4H3,(H,31,33)/b27-17-. The van der Waals surface area contributed by atoms with Crippen molar-refractivity contribution in [2.75, 3.05) is 30.0 Å². The van der Waals surface area contributed by atoms with E-state index in [0.717, 1.165) is 28.1 Å². The van der Waals surface area contributed by atoms with E-state index in [0.29, 0.717) is 39.6 Å². The normalized spacial score (nSPS) is 14.1. The minimum Gasteiger partial charge on any atom is -0.494 e. The van der Waals surface area contributed by atoms with Crippen molar-refractivity contribution in [1.82, 2.24) is 0 Å². The fraction of sp³-hybridized carbons (Fsp3) is 0.233. The van der Waals surface area contributed by atoms with Crippen LogP contribution in [-0.4, -0.2) is 36.0 Å². The molecule has 1 aliphatic rings. The van der Waals surface area contributed by atoms with E-state index < -0.39 is 0 Å². The van der Waals surface area contributed by atoms with Crippen molar-refractivity contribution in [2.45, 2.75) is 27.7 Å². The van der Waals surface area contributed by atoms with Gasteiger partial charge in [-0.3, -0.25) is 14.5 Å². The number of rotatable bonds is 10. The number of ether oxygens (including phenoxy) is 3. The van der Waals surface area contributed by atoms with Crippen molar-refractivity contribution < 1.29 is 23.8 Å². The molecule has 202 valence electrons. The molecule has 0 unspecified atom stereocenters. The number of thioether (sulfide) groups is 1. The summed E-state index contributed by atoms with van der Waals surface area (Å²) in [4.78, 5) is 27.7. The third-order valence-electron chi connectivity index (χ3n) is 5.79. The summed E-state index contributed by atoms with van der Waals surface area (Å²) in [7, 11) is 0. The smallest absolute Gasteiger partial charge is 0.270 e. The Morgan fingerprint density at radius 3 is 2.41 bits per heavy atom. The quantitative estimate of drug-likeness (QED) is 0.223. The van der Waals surface area contributed by atoms with Crippen molar-refractivity contribution in [3.8, 4) is 17.2 Å². The summed E-state index contributed by atoms with van der Waals surface area (Å²) < 4.78 is 17.5. The number of anilines is 2. The van der Waals surface area contributed by atoms with E-state index in [4.69, 9.17) is 26.4 Å². The Kier molecular flexibility index (Phi) is 9.27. The van der Waals surface area contributed by atoms with Crippen LogP contribution in [0.25, 0.3) is 6.08 Å². The number of hydrogen-bond acceptors (Lipinski definition) is 7. The highest BCUT2D eigenvalue weighted by Crippen LogP contribution is 2.37. The Morgan fingerprint density at radius 1 is 0.949 bits per heavy atom. The minimum atomic E-state index is -0.270. The Balaban J connectivity index is 1.46. The first-order valence-electron chi connectivity index (χ1n) is 12.6. The molecule has 2 amide bonds. The predicted octanol–water partition coefficient (Wildman–Crippen LogP) is 6.52. The predicted molar refractivity (Wildman–Crippen MR) is 161 cm³/mol. The monoisotopic (exact) mass is 562 g/mol. The van der Waals surface area contributed by atoms with Crippen molar-refractivity contribution in [3.63, 3.8) is 0 Å². The zero-order valence-corrected chi connectivity index (χ0v) is 23.9. The Labute approximate surface area is 238 Å². The van der Waals surface area contributed by atoms with Gasteiger partial charge in [0, 0.05) is 5.69 Å². The second-order valence-electron chi connectivity index (χ2n) is 8.74. The number of nitrogens with one attached hydrogen (secondary N) is 1. The molecule has 1 aliphatic heterocycles. The highest BCUT2D eigenvalue weighted by atomic mass is 32.2. The zero-order chi connectivity index (χ0) is 27.9. The maximum atomic E-state index is 13.2. The lowest BCUT2D eigenvalue weighted by Gasteiger charge is -2.15. The molecule has 1 fully saturated rings. The molecule has 1 heterocycles. The first-order chi connectivity index (χ1) is 18.8. The van der Waals surface area contributed by atoms with Gasteiger partial charge in [-0.15, -0.1) is 0 Å². The lowest BCUT2D eigenvalue weighted by atomic mass is 10.1. The summed E-state index contributed by atoms with van der Waals surface area (Å²) in [6, 6.07) is 18.5. The number of nitrogens with zero attached hydrogens (tertiary/aromatic N) is 1. The average molecular weight is 563 g/mol. The van der Waals surface area contributed by atoms with Crippen LogP contribution >= 0.6 is 24.0 Å². The number of carbonyl (C=O) groups is 2. The summed E-state index contributed by atoms with van der Waals surface area (Å²) in [5, 5.41) is 2.89. The molecule has 3 aromatic rings. The third-order valence-corrected chi connectivity index (χ3v) is 7.09. The summed E-state index contributed by atoms with van der Waals surface area (Å²) in [5.74, 6) is 1.18. The van der Waals surface area contributed by atoms with Gasteiger partial charge in [0.1, 0.15) is 5.75 Å². The molecule has 0 aliphatic carbocycles.